The summed E-state index contributed by atoms with van der Waals surface area (Å²) >= 11 is 0. The van der Waals surface area contributed by atoms with E-state index in [9.17, 15) is 0 Å². The van der Waals surface area contributed by atoms with E-state index in [1.165, 1.54) is 51.4 Å². The van der Waals surface area contributed by atoms with Gasteiger partial charge in [-0.25, -0.2) is 0 Å². The van der Waals surface area contributed by atoms with Crippen LogP contribution in [0.25, 0.3) is 0 Å². The summed E-state index contributed by atoms with van der Waals surface area (Å²) in [6.07, 6.45) is 11.1. The molecule has 19 heavy (non-hydrogen) atoms. The third kappa shape index (κ3) is 3.17. The Hall–Kier alpha value is -0.0400. The SMILES string of the molecule is CCC1CCC(C2(N)CC(C)CCC2C(C)C)CC1. The molecule has 0 aromatic heterocycles. The zero-order chi connectivity index (χ0) is 14.0. The highest BCUT2D eigenvalue weighted by molar-refractivity contribution is 5.02. The number of nitrogens with two attached hydrogens (primary N) is 1. The lowest BCUT2D eigenvalue weighted by Crippen LogP contribution is -2.58. The van der Waals surface area contributed by atoms with E-state index in [0.29, 0.717) is 0 Å². The molecule has 0 aromatic rings. The summed E-state index contributed by atoms with van der Waals surface area (Å²) in [6.45, 7) is 9.54. The predicted molar refractivity (Wildman–Crippen MR) is 84.0 cm³/mol. The fraction of sp³-hybridized carbons (Fsp3) is 1.00. The molecular weight excluding hydrogens is 230 g/mol. The lowest BCUT2D eigenvalue weighted by Gasteiger charge is -2.52. The summed E-state index contributed by atoms with van der Waals surface area (Å²) in [5.41, 5.74) is 7.20. The van der Waals surface area contributed by atoms with Gasteiger partial charge in [-0.2, -0.15) is 0 Å². The van der Waals surface area contributed by atoms with Crippen LogP contribution in [0, 0.1) is 29.6 Å². The van der Waals surface area contributed by atoms with Crippen LogP contribution in [0.1, 0.15) is 79.1 Å². The van der Waals surface area contributed by atoms with Crippen LogP contribution >= 0.6 is 0 Å². The number of rotatable bonds is 3. The Morgan fingerprint density at radius 1 is 1.05 bits per heavy atom. The monoisotopic (exact) mass is 265 g/mol. The Bertz CT molecular complexity index is 277. The van der Waals surface area contributed by atoms with Crippen LogP contribution < -0.4 is 5.73 Å². The highest BCUT2D eigenvalue weighted by Gasteiger charge is 2.46. The number of hydrogen-bond donors (Lipinski definition) is 1. The molecule has 0 amide bonds. The van der Waals surface area contributed by atoms with Gasteiger partial charge in [0, 0.05) is 5.54 Å². The molecule has 1 nitrogen and oxygen atoms in total. The first-order valence-corrected chi connectivity index (χ1v) is 8.76. The lowest BCUT2D eigenvalue weighted by atomic mass is 9.57. The largest absolute Gasteiger partial charge is 0.325 e. The van der Waals surface area contributed by atoms with Gasteiger partial charge in [-0.1, -0.05) is 53.4 Å². The van der Waals surface area contributed by atoms with Crippen LogP contribution in [0.15, 0.2) is 0 Å². The molecule has 0 aromatic carbocycles. The average molecular weight is 265 g/mol. The second-order valence-corrected chi connectivity index (χ2v) is 7.98. The van der Waals surface area contributed by atoms with E-state index in [1.807, 2.05) is 0 Å². The minimum Gasteiger partial charge on any atom is -0.325 e. The minimum atomic E-state index is 0.143. The molecule has 2 rings (SSSR count). The van der Waals surface area contributed by atoms with Crippen molar-refractivity contribution in [2.45, 2.75) is 84.6 Å². The van der Waals surface area contributed by atoms with Crippen LogP contribution in [0.2, 0.25) is 0 Å². The molecule has 112 valence electrons. The Labute approximate surface area is 120 Å². The van der Waals surface area contributed by atoms with Crippen LogP contribution in [0.3, 0.4) is 0 Å². The van der Waals surface area contributed by atoms with Gasteiger partial charge in [0.05, 0.1) is 0 Å². The van der Waals surface area contributed by atoms with Crippen LogP contribution in [-0.4, -0.2) is 5.54 Å². The van der Waals surface area contributed by atoms with Gasteiger partial charge >= 0.3 is 0 Å². The molecule has 2 aliphatic carbocycles. The van der Waals surface area contributed by atoms with Crippen molar-refractivity contribution in [2.75, 3.05) is 0 Å². The molecule has 0 radical (unpaired) electrons. The molecule has 3 atom stereocenters. The molecule has 2 aliphatic rings. The van der Waals surface area contributed by atoms with Gasteiger partial charge < -0.3 is 5.73 Å². The Balaban J connectivity index is 2.09. The van der Waals surface area contributed by atoms with E-state index >= 15 is 0 Å². The van der Waals surface area contributed by atoms with Crippen molar-refractivity contribution in [2.24, 2.45) is 35.3 Å². The van der Waals surface area contributed by atoms with Gasteiger partial charge in [0.15, 0.2) is 0 Å². The van der Waals surface area contributed by atoms with E-state index in [2.05, 4.69) is 27.7 Å². The van der Waals surface area contributed by atoms with Crippen molar-refractivity contribution in [3.8, 4) is 0 Å². The molecule has 0 spiro atoms. The maximum atomic E-state index is 7.06. The molecular formula is C18H35N. The first kappa shape index (κ1) is 15.4. The summed E-state index contributed by atoms with van der Waals surface area (Å²) in [6, 6.07) is 0. The van der Waals surface area contributed by atoms with Gasteiger partial charge in [-0.3, -0.25) is 0 Å². The van der Waals surface area contributed by atoms with Gasteiger partial charge in [-0.15, -0.1) is 0 Å². The smallest absolute Gasteiger partial charge is 0.0216 e. The fourth-order valence-electron chi connectivity index (χ4n) is 5.12. The maximum Gasteiger partial charge on any atom is 0.0216 e. The van der Waals surface area contributed by atoms with E-state index in [1.54, 1.807) is 0 Å². The highest BCUT2D eigenvalue weighted by atomic mass is 14.8. The third-order valence-corrected chi connectivity index (χ3v) is 6.35. The Morgan fingerprint density at radius 3 is 2.21 bits per heavy atom. The molecule has 0 bridgehead atoms. The average Bonchev–Trinajstić information content (AvgIpc) is 2.38. The molecule has 1 heteroatoms. The first-order valence-electron chi connectivity index (χ1n) is 8.76. The first-order chi connectivity index (χ1) is 8.97. The summed E-state index contributed by atoms with van der Waals surface area (Å²) in [7, 11) is 0. The van der Waals surface area contributed by atoms with Crippen LogP contribution in [0.4, 0.5) is 0 Å². The molecule has 3 unspecified atom stereocenters. The molecule has 0 aliphatic heterocycles. The molecule has 2 N–H and O–H groups in total. The van der Waals surface area contributed by atoms with Crippen molar-refractivity contribution in [1.29, 1.82) is 0 Å². The summed E-state index contributed by atoms with van der Waals surface area (Å²) in [5.74, 6) is 4.13. The summed E-state index contributed by atoms with van der Waals surface area (Å²) < 4.78 is 0. The zero-order valence-corrected chi connectivity index (χ0v) is 13.6. The molecule has 2 saturated carbocycles. The minimum absolute atomic E-state index is 0.143. The summed E-state index contributed by atoms with van der Waals surface area (Å²) in [5, 5.41) is 0. The molecule has 2 fully saturated rings. The van der Waals surface area contributed by atoms with Crippen molar-refractivity contribution >= 4 is 0 Å². The van der Waals surface area contributed by atoms with Crippen molar-refractivity contribution in [1.82, 2.24) is 0 Å². The van der Waals surface area contributed by atoms with Crippen molar-refractivity contribution < 1.29 is 0 Å². The topological polar surface area (TPSA) is 26.0 Å². The van der Waals surface area contributed by atoms with Crippen LogP contribution in [-0.2, 0) is 0 Å². The van der Waals surface area contributed by atoms with Crippen molar-refractivity contribution in [3.05, 3.63) is 0 Å². The maximum absolute atomic E-state index is 7.06. The van der Waals surface area contributed by atoms with Crippen LogP contribution in [0.5, 0.6) is 0 Å². The predicted octanol–water partition coefficient (Wildman–Crippen LogP) is 4.99. The van der Waals surface area contributed by atoms with Gasteiger partial charge in [0.2, 0.25) is 0 Å². The molecule has 0 heterocycles. The molecule has 0 saturated heterocycles. The third-order valence-electron chi connectivity index (χ3n) is 6.35. The zero-order valence-electron chi connectivity index (χ0n) is 13.6. The Kier molecular flexibility index (Phi) is 4.98. The standard InChI is InChI=1S/C18H35N/c1-5-15-7-9-16(10-8-15)18(19)12-14(4)6-11-17(18)13(2)3/h13-17H,5-12,19H2,1-4H3. The van der Waals surface area contributed by atoms with Gasteiger partial charge in [-0.05, 0) is 55.3 Å². The summed E-state index contributed by atoms with van der Waals surface area (Å²) in [4.78, 5) is 0. The van der Waals surface area contributed by atoms with E-state index < -0.39 is 0 Å². The Morgan fingerprint density at radius 2 is 1.68 bits per heavy atom. The quantitative estimate of drug-likeness (QED) is 0.764. The van der Waals surface area contributed by atoms with Gasteiger partial charge in [0.1, 0.15) is 0 Å². The van der Waals surface area contributed by atoms with E-state index in [-0.39, 0.29) is 5.54 Å². The lowest BCUT2D eigenvalue weighted by molar-refractivity contribution is 0.0327. The van der Waals surface area contributed by atoms with Crippen molar-refractivity contribution in [3.63, 3.8) is 0 Å². The second-order valence-electron chi connectivity index (χ2n) is 7.98. The van der Waals surface area contributed by atoms with E-state index in [4.69, 9.17) is 5.73 Å². The second kappa shape index (κ2) is 6.16. The van der Waals surface area contributed by atoms with Gasteiger partial charge in [0.25, 0.3) is 0 Å². The fourth-order valence-corrected chi connectivity index (χ4v) is 5.12. The normalized spacial score (nSPS) is 44.5. The van der Waals surface area contributed by atoms with E-state index in [0.717, 1.165) is 29.6 Å². The number of hydrogen-bond acceptors (Lipinski definition) is 1. The highest BCUT2D eigenvalue weighted by Crippen LogP contribution is 2.48.